The van der Waals surface area contributed by atoms with Crippen LogP contribution in [0, 0.1) is 30.9 Å². The molecular formula is C19H22F2N6O. The van der Waals surface area contributed by atoms with E-state index in [9.17, 15) is 13.6 Å². The number of rotatable bonds is 2. The Balaban J connectivity index is 2.03. The van der Waals surface area contributed by atoms with E-state index < -0.39 is 17.6 Å². The Kier molecular flexibility index (Phi) is 5.53. The first-order valence-electron chi connectivity index (χ1n) is 8.89. The Bertz CT molecular complexity index is 879. The fraction of sp³-hybridized carbons (Fsp3) is 0.368. The lowest BCUT2D eigenvalue weighted by atomic mass is 9.97. The van der Waals surface area contributed by atoms with Crippen LogP contribution in [0.4, 0.5) is 14.7 Å². The average Bonchev–Trinajstić information content (AvgIpc) is 2.72. The summed E-state index contributed by atoms with van der Waals surface area (Å²) in [6.07, 6.45) is 0. The first-order valence-corrected chi connectivity index (χ1v) is 8.89. The minimum absolute atomic E-state index is 0.0219. The largest absolute Gasteiger partial charge is 0.354 e. The number of likely N-dealkylation sites (N-methyl/N-ethyl adjacent to an activating group) is 1. The molecule has 1 aliphatic rings. The zero-order chi connectivity index (χ0) is 20.4. The summed E-state index contributed by atoms with van der Waals surface area (Å²) in [5.41, 5.74) is 1.07. The molecule has 0 bridgehead atoms. The van der Waals surface area contributed by atoms with Gasteiger partial charge in [-0.3, -0.25) is 15.1 Å². The number of anilines is 1. The number of aromatic nitrogens is 2. The highest BCUT2D eigenvalue weighted by molar-refractivity contribution is 5.98. The Morgan fingerprint density at radius 3 is 2.36 bits per heavy atom. The lowest BCUT2D eigenvalue weighted by molar-refractivity contribution is -0.127. The van der Waals surface area contributed by atoms with Crippen molar-refractivity contribution in [2.24, 2.45) is 0 Å². The minimum atomic E-state index is -0.667. The van der Waals surface area contributed by atoms with Crippen LogP contribution in [0.15, 0.2) is 24.3 Å². The maximum absolute atomic E-state index is 14.0. The van der Waals surface area contributed by atoms with Crippen molar-refractivity contribution in [3.05, 3.63) is 52.9 Å². The molecule has 148 valence electrons. The molecule has 1 aromatic carbocycles. The Labute approximate surface area is 161 Å². The van der Waals surface area contributed by atoms with Crippen molar-refractivity contribution in [1.82, 2.24) is 20.2 Å². The van der Waals surface area contributed by atoms with E-state index in [-0.39, 0.29) is 29.8 Å². The quantitative estimate of drug-likeness (QED) is 0.822. The number of halogens is 2. The number of benzene rings is 1. The number of nitrogens with one attached hydrogen (secondary N) is 2. The molecule has 28 heavy (non-hydrogen) atoms. The number of guanidine groups is 1. The smallest absolute Gasteiger partial charge is 0.238 e. The molecule has 0 radical (unpaired) electrons. The van der Waals surface area contributed by atoms with Gasteiger partial charge in [0.2, 0.25) is 11.9 Å². The molecule has 7 nitrogen and oxygen atoms in total. The number of carbonyl (C=O) groups excluding carboxylic acids is 1. The van der Waals surface area contributed by atoms with Gasteiger partial charge in [0, 0.05) is 26.7 Å². The molecule has 1 amide bonds. The van der Waals surface area contributed by atoms with Crippen LogP contribution in [-0.4, -0.2) is 53.4 Å². The fourth-order valence-corrected chi connectivity index (χ4v) is 3.11. The molecule has 1 aromatic heterocycles. The Hall–Kier alpha value is -3.10. The van der Waals surface area contributed by atoms with Crippen LogP contribution in [0.5, 0.6) is 0 Å². The van der Waals surface area contributed by atoms with Gasteiger partial charge in [0.05, 0.1) is 17.3 Å². The molecule has 0 spiro atoms. The number of amides is 1. The van der Waals surface area contributed by atoms with E-state index in [2.05, 4.69) is 15.3 Å². The Morgan fingerprint density at radius 1 is 1.14 bits per heavy atom. The van der Waals surface area contributed by atoms with Crippen LogP contribution in [0.3, 0.4) is 0 Å². The number of nitrogens with zero attached hydrogens (tertiary/aromatic N) is 4. The van der Waals surface area contributed by atoms with E-state index in [1.807, 2.05) is 0 Å². The van der Waals surface area contributed by atoms with E-state index in [1.165, 1.54) is 24.1 Å². The standard InChI is InChI=1S/C19H22F2N6O/c1-11-16(21)12(2)25-19(24-11)27-9-8-23-18(22)26(3)17(28)15(10-27)13-4-6-14(20)7-5-13/h4-7,15H,8-10H2,1-3H3,(H2,22,23)/t15-/m1/s1. The van der Waals surface area contributed by atoms with Crippen molar-refractivity contribution in [3.8, 4) is 0 Å². The summed E-state index contributed by atoms with van der Waals surface area (Å²) >= 11 is 0. The zero-order valence-corrected chi connectivity index (χ0v) is 16.0. The summed E-state index contributed by atoms with van der Waals surface area (Å²) in [6, 6.07) is 5.71. The van der Waals surface area contributed by atoms with Crippen molar-refractivity contribution in [2.45, 2.75) is 19.8 Å². The predicted octanol–water partition coefficient (Wildman–Crippen LogP) is 1.96. The van der Waals surface area contributed by atoms with Crippen LogP contribution < -0.4 is 10.2 Å². The molecule has 1 fully saturated rings. The van der Waals surface area contributed by atoms with E-state index in [4.69, 9.17) is 5.41 Å². The van der Waals surface area contributed by atoms with Gasteiger partial charge in [-0.25, -0.2) is 18.7 Å². The molecule has 3 rings (SSSR count). The average molecular weight is 388 g/mol. The van der Waals surface area contributed by atoms with Gasteiger partial charge in [0.25, 0.3) is 0 Å². The van der Waals surface area contributed by atoms with Crippen molar-refractivity contribution in [2.75, 3.05) is 31.6 Å². The van der Waals surface area contributed by atoms with Crippen molar-refractivity contribution in [3.63, 3.8) is 0 Å². The molecule has 1 aliphatic heterocycles. The second kappa shape index (κ2) is 7.87. The minimum Gasteiger partial charge on any atom is -0.354 e. The monoisotopic (exact) mass is 388 g/mol. The van der Waals surface area contributed by atoms with Gasteiger partial charge < -0.3 is 10.2 Å². The van der Waals surface area contributed by atoms with Gasteiger partial charge in [-0.2, -0.15) is 0 Å². The van der Waals surface area contributed by atoms with Gasteiger partial charge in [0.15, 0.2) is 11.8 Å². The topological polar surface area (TPSA) is 85.2 Å². The summed E-state index contributed by atoms with van der Waals surface area (Å²) < 4.78 is 27.3. The molecule has 0 saturated carbocycles. The third kappa shape index (κ3) is 3.92. The Morgan fingerprint density at radius 2 is 1.75 bits per heavy atom. The number of hydrogen-bond acceptors (Lipinski definition) is 5. The summed E-state index contributed by atoms with van der Waals surface area (Å²) in [6.45, 7) is 4.13. The number of carbonyl (C=O) groups is 1. The predicted molar refractivity (Wildman–Crippen MR) is 101 cm³/mol. The van der Waals surface area contributed by atoms with Gasteiger partial charge in [-0.05, 0) is 31.5 Å². The summed E-state index contributed by atoms with van der Waals surface area (Å²) in [5.74, 6) is -1.54. The molecule has 2 N–H and O–H groups in total. The summed E-state index contributed by atoms with van der Waals surface area (Å²) in [7, 11) is 1.52. The highest BCUT2D eigenvalue weighted by Gasteiger charge is 2.31. The first-order chi connectivity index (χ1) is 13.3. The molecule has 2 heterocycles. The molecule has 2 aromatic rings. The number of aryl methyl sites for hydroxylation is 2. The molecule has 9 heteroatoms. The lowest BCUT2D eigenvalue weighted by Crippen LogP contribution is -2.43. The highest BCUT2D eigenvalue weighted by Crippen LogP contribution is 2.24. The van der Waals surface area contributed by atoms with Gasteiger partial charge in [-0.1, -0.05) is 12.1 Å². The zero-order valence-electron chi connectivity index (χ0n) is 16.0. The van der Waals surface area contributed by atoms with E-state index in [0.717, 1.165) is 0 Å². The van der Waals surface area contributed by atoms with Gasteiger partial charge in [-0.15, -0.1) is 0 Å². The summed E-state index contributed by atoms with van der Waals surface area (Å²) in [4.78, 5) is 24.5. The van der Waals surface area contributed by atoms with E-state index >= 15 is 0 Å². The normalized spacial score (nSPS) is 18.4. The molecule has 0 unspecified atom stereocenters. The third-order valence-corrected chi connectivity index (χ3v) is 4.77. The second-order valence-electron chi connectivity index (χ2n) is 6.73. The first kappa shape index (κ1) is 19.7. The van der Waals surface area contributed by atoms with E-state index in [1.54, 1.807) is 30.9 Å². The van der Waals surface area contributed by atoms with Crippen molar-refractivity contribution in [1.29, 1.82) is 5.41 Å². The van der Waals surface area contributed by atoms with Gasteiger partial charge >= 0.3 is 0 Å². The second-order valence-corrected chi connectivity index (χ2v) is 6.73. The van der Waals surface area contributed by atoms with Crippen LogP contribution in [0.1, 0.15) is 22.9 Å². The van der Waals surface area contributed by atoms with Crippen molar-refractivity contribution < 1.29 is 13.6 Å². The lowest BCUT2D eigenvalue weighted by Gasteiger charge is -2.27. The van der Waals surface area contributed by atoms with Crippen LogP contribution in [0.2, 0.25) is 0 Å². The van der Waals surface area contributed by atoms with Crippen LogP contribution in [-0.2, 0) is 4.79 Å². The molecule has 1 atom stereocenters. The highest BCUT2D eigenvalue weighted by atomic mass is 19.1. The summed E-state index contributed by atoms with van der Waals surface area (Å²) in [5, 5.41) is 10.9. The van der Waals surface area contributed by atoms with E-state index in [0.29, 0.717) is 24.6 Å². The van der Waals surface area contributed by atoms with Crippen LogP contribution in [0.25, 0.3) is 0 Å². The van der Waals surface area contributed by atoms with Gasteiger partial charge in [0.1, 0.15) is 5.82 Å². The maximum Gasteiger partial charge on any atom is 0.238 e. The molecule has 1 saturated heterocycles. The SMILES string of the molecule is Cc1nc(N2CCNC(=N)N(C)C(=O)[C@@H](c3ccc(F)cc3)C2)nc(C)c1F. The third-order valence-electron chi connectivity index (χ3n) is 4.77. The molecular weight excluding hydrogens is 366 g/mol. The number of hydrogen-bond donors (Lipinski definition) is 2. The fourth-order valence-electron chi connectivity index (χ4n) is 3.11. The maximum atomic E-state index is 14.0. The van der Waals surface area contributed by atoms with Crippen molar-refractivity contribution >= 4 is 17.8 Å². The van der Waals surface area contributed by atoms with Crippen LogP contribution >= 0.6 is 0 Å². The molecule has 0 aliphatic carbocycles.